The number of methoxy groups -OCH3 is 1. The molecule has 0 aliphatic heterocycles. The number of pyridine rings is 1. The Kier molecular flexibility index (Phi) is 6.17. The SMILES string of the molecule is COCCNc1ccc(-c2ccnc(NC3CCCC3)n2)c2cc(-c3cccc(F)c3)nn12. The summed E-state index contributed by atoms with van der Waals surface area (Å²) >= 11 is 0. The van der Waals surface area contributed by atoms with E-state index in [0.29, 0.717) is 30.8 Å². The third-order valence-electron chi connectivity index (χ3n) is 5.97. The van der Waals surface area contributed by atoms with E-state index in [1.807, 2.05) is 34.8 Å². The van der Waals surface area contributed by atoms with Gasteiger partial charge in [-0.25, -0.2) is 18.9 Å². The number of nitrogens with one attached hydrogen (secondary N) is 2. The van der Waals surface area contributed by atoms with Crippen molar-refractivity contribution in [3.8, 4) is 22.5 Å². The average molecular weight is 447 g/mol. The third kappa shape index (κ3) is 4.66. The molecular formula is C25H27FN6O. The summed E-state index contributed by atoms with van der Waals surface area (Å²) in [6, 6.07) is 14.8. The van der Waals surface area contributed by atoms with E-state index in [-0.39, 0.29) is 5.82 Å². The summed E-state index contributed by atoms with van der Waals surface area (Å²) in [5.74, 6) is 1.18. The van der Waals surface area contributed by atoms with E-state index in [9.17, 15) is 4.39 Å². The Balaban J connectivity index is 1.56. The lowest BCUT2D eigenvalue weighted by Gasteiger charge is -2.13. The van der Waals surface area contributed by atoms with Crippen LogP contribution >= 0.6 is 0 Å². The molecule has 0 spiro atoms. The highest BCUT2D eigenvalue weighted by atomic mass is 19.1. The first kappa shape index (κ1) is 21.3. The molecule has 8 heteroatoms. The van der Waals surface area contributed by atoms with Gasteiger partial charge in [0.1, 0.15) is 11.6 Å². The third-order valence-corrected chi connectivity index (χ3v) is 5.97. The van der Waals surface area contributed by atoms with Gasteiger partial charge in [-0.2, -0.15) is 5.10 Å². The summed E-state index contributed by atoms with van der Waals surface area (Å²) in [4.78, 5) is 9.22. The summed E-state index contributed by atoms with van der Waals surface area (Å²) in [5.41, 5.74) is 4.03. The van der Waals surface area contributed by atoms with Gasteiger partial charge in [0.2, 0.25) is 5.95 Å². The van der Waals surface area contributed by atoms with Gasteiger partial charge in [0.25, 0.3) is 0 Å². The van der Waals surface area contributed by atoms with E-state index in [1.165, 1.54) is 25.0 Å². The number of rotatable bonds is 8. The van der Waals surface area contributed by atoms with Gasteiger partial charge in [-0.3, -0.25) is 0 Å². The second kappa shape index (κ2) is 9.54. The zero-order valence-corrected chi connectivity index (χ0v) is 18.6. The van der Waals surface area contributed by atoms with Crippen molar-refractivity contribution in [2.45, 2.75) is 31.7 Å². The highest BCUT2D eigenvalue weighted by Gasteiger charge is 2.17. The molecule has 33 heavy (non-hydrogen) atoms. The van der Waals surface area contributed by atoms with Crippen LogP contribution in [-0.2, 0) is 4.74 Å². The molecule has 5 rings (SSSR count). The summed E-state index contributed by atoms with van der Waals surface area (Å²) in [7, 11) is 1.67. The van der Waals surface area contributed by atoms with Gasteiger partial charge in [-0.05, 0) is 49.2 Å². The Morgan fingerprint density at radius 1 is 1.09 bits per heavy atom. The Hall–Kier alpha value is -3.52. The van der Waals surface area contributed by atoms with Crippen molar-refractivity contribution in [3.05, 3.63) is 60.5 Å². The number of anilines is 2. The number of halogens is 1. The van der Waals surface area contributed by atoms with Crippen LogP contribution in [0.25, 0.3) is 28.0 Å². The molecule has 3 heterocycles. The molecule has 1 aliphatic rings. The minimum absolute atomic E-state index is 0.290. The van der Waals surface area contributed by atoms with Crippen LogP contribution in [0.2, 0.25) is 0 Å². The van der Waals surface area contributed by atoms with Crippen LogP contribution in [0.4, 0.5) is 16.2 Å². The maximum atomic E-state index is 13.9. The highest BCUT2D eigenvalue weighted by Crippen LogP contribution is 2.31. The quantitative estimate of drug-likeness (QED) is 0.371. The monoisotopic (exact) mass is 446 g/mol. The Morgan fingerprint density at radius 3 is 2.79 bits per heavy atom. The summed E-state index contributed by atoms with van der Waals surface area (Å²) in [5, 5.41) is 11.6. The molecule has 7 nitrogen and oxygen atoms in total. The van der Waals surface area contributed by atoms with Gasteiger partial charge in [0.05, 0.1) is 23.5 Å². The van der Waals surface area contributed by atoms with E-state index in [4.69, 9.17) is 14.8 Å². The zero-order chi connectivity index (χ0) is 22.6. The van der Waals surface area contributed by atoms with Crippen molar-refractivity contribution >= 4 is 17.3 Å². The van der Waals surface area contributed by atoms with Crippen molar-refractivity contribution in [2.75, 3.05) is 30.9 Å². The molecule has 1 aromatic carbocycles. The van der Waals surface area contributed by atoms with Gasteiger partial charge in [0, 0.05) is 37.0 Å². The lowest BCUT2D eigenvalue weighted by molar-refractivity contribution is 0.210. The molecule has 0 amide bonds. The molecule has 1 aliphatic carbocycles. The van der Waals surface area contributed by atoms with Crippen molar-refractivity contribution in [2.24, 2.45) is 0 Å². The number of hydrogen-bond donors (Lipinski definition) is 2. The van der Waals surface area contributed by atoms with Crippen molar-refractivity contribution < 1.29 is 9.13 Å². The zero-order valence-electron chi connectivity index (χ0n) is 18.6. The van der Waals surface area contributed by atoms with Crippen LogP contribution in [-0.4, -0.2) is 45.9 Å². The molecule has 4 aromatic rings. The normalized spacial score (nSPS) is 14.1. The minimum atomic E-state index is -0.290. The van der Waals surface area contributed by atoms with Crippen LogP contribution in [0.15, 0.2) is 54.7 Å². The van der Waals surface area contributed by atoms with Crippen LogP contribution in [0.3, 0.4) is 0 Å². The first-order valence-corrected chi connectivity index (χ1v) is 11.3. The van der Waals surface area contributed by atoms with Gasteiger partial charge in [-0.1, -0.05) is 25.0 Å². The molecule has 170 valence electrons. The fourth-order valence-electron chi connectivity index (χ4n) is 4.33. The molecule has 3 aromatic heterocycles. The molecule has 0 atom stereocenters. The van der Waals surface area contributed by atoms with Gasteiger partial charge in [-0.15, -0.1) is 0 Å². The number of aromatic nitrogens is 4. The maximum absolute atomic E-state index is 13.9. The Morgan fingerprint density at radius 2 is 1.97 bits per heavy atom. The predicted octanol–water partition coefficient (Wildman–Crippen LogP) is 5.01. The smallest absolute Gasteiger partial charge is 0.223 e. The number of ether oxygens (including phenoxy) is 1. The Bertz CT molecular complexity index is 1250. The largest absolute Gasteiger partial charge is 0.383 e. The van der Waals surface area contributed by atoms with E-state index >= 15 is 0 Å². The highest BCUT2D eigenvalue weighted by molar-refractivity contribution is 5.83. The summed E-state index contributed by atoms with van der Waals surface area (Å²) < 4.78 is 20.9. The average Bonchev–Trinajstić information content (AvgIpc) is 3.50. The fourth-order valence-corrected chi connectivity index (χ4v) is 4.33. The van der Waals surface area contributed by atoms with Crippen LogP contribution < -0.4 is 10.6 Å². The van der Waals surface area contributed by atoms with Crippen molar-refractivity contribution in [3.63, 3.8) is 0 Å². The molecule has 0 unspecified atom stereocenters. The van der Waals surface area contributed by atoms with Gasteiger partial charge in [0.15, 0.2) is 0 Å². The van der Waals surface area contributed by atoms with Crippen LogP contribution in [0, 0.1) is 5.82 Å². The van der Waals surface area contributed by atoms with Crippen molar-refractivity contribution in [1.29, 1.82) is 0 Å². The lowest BCUT2D eigenvalue weighted by Crippen LogP contribution is -2.16. The van der Waals surface area contributed by atoms with Crippen molar-refractivity contribution in [1.82, 2.24) is 19.6 Å². The van der Waals surface area contributed by atoms with Crippen LogP contribution in [0.5, 0.6) is 0 Å². The number of hydrogen-bond acceptors (Lipinski definition) is 6. The summed E-state index contributed by atoms with van der Waals surface area (Å²) in [6.45, 7) is 1.21. The molecule has 0 bridgehead atoms. The topological polar surface area (TPSA) is 76.4 Å². The number of benzene rings is 1. The second-order valence-corrected chi connectivity index (χ2v) is 8.28. The maximum Gasteiger partial charge on any atom is 0.223 e. The first-order chi connectivity index (χ1) is 16.2. The van der Waals surface area contributed by atoms with E-state index in [0.717, 1.165) is 41.0 Å². The first-order valence-electron chi connectivity index (χ1n) is 11.3. The standard InChI is InChI=1S/C25H27FN6O/c1-33-14-13-27-24-10-9-20(21-11-12-28-25(30-21)29-19-7-2-3-8-19)23-16-22(31-32(23)24)17-5-4-6-18(26)15-17/h4-6,9-12,15-16,19,27H,2-3,7-8,13-14H2,1H3,(H,28,29,30). The molecule has 2 N–H and O–H groups in total. The Labute approximate surface area is 192 Å². The van der Waals surface area contributed by atoms with E-state index in [1.54, 1.807) is 19.4 Å². The number of nitrogens with zero attached hydrogens (tertiary/aromatic N) is 4. The van der Waals surface area contributed by atoms with Gasteiger partial charge < -0.3 is 15.4 Å². The van der Waals surface area contributed by atoms with E-state index < -0.39 is 0 Å². The molecular weight excluding hydrogens is 419 g/mol. The molecule has 0 radical (unpaired) electrons. The lowest BCUT2D eigenvalue weighted by atomic mass is 10.1. The van der Waals surface area contributed by atoms with E-state index in [2.05, 4.69) is 15.6 Å². The van der Waals surface area contributed by atoms with Gasteiger partial charge >= 0.3 is 0 Å². The molecule has 0 saturated heterocycles. The number of fused-ring (bicyclic) bond motifs is 1. The van der Waals surface area contributed by atoms with Crippen LogP contribution in [0.1, 0.15) is 25.7 Å². The summed E-state index contributed by atoms with van der Waals surface area (Å²) in [6.07, 6.45) is 6.58. The molecule has 1 saturated carbocycles. The second-order valence-electron chi connectivity index (χ2n) is 8.28. The predicted molar refractivity (Wildman–Crippen MR) is 128 cm³/mol. The minimum Gasteiger partial charge on any atom is -0.383 e. The fraction of sp³-hybridized carbons (Fsp3) is 0.320. The molecule has 1 fully saturated rings.